The van der Waals surface area contributed by atoms with Gasteiger partial charge in [0.05, 0.1) is 12.7 Å². The summed E-state index contributed by atoms with van der Waals surface area (Å²) in [5, 5.41) is 0.817. The maximum atomic E-state index is 12.9. The van der Waals surface area contributed by atoms with Crippen molar-refractivity contribution in [1.82, 2.24) is 10.0 Å². The van der Waals surface area contributed by atoms with Crippen molar-refractivity contribution in [2.24, 2.45) is 0 Å². The Hall–Kier alpha value is -1.56. The van der Waals surface area contributed by atoms with Gasteiger partial charge in [-0.2, -0.15) is 13.8 Å². The molecule has 0 atom stereocenters. The minimum Gasteiger partial charge on any atom is -0.274 e. The molecule has 0 N–H and O–H groups in total. The van der Waals surface area contributed by atoms with E-state index in [0.29, 0.717) is 0 Å². The van der Waals surface area contributed by atoms with E-state index in [0.717, 1.165) is 17.2 Å². The summed E-state index contributed by atoms with van der Waals surface area (Å²) >= 11 is 0. The fourth-order valence-corrected chi connectivity index (χ4v) is 0.824. The van der Waals surface area contributed by atoms with Crippen LogP contribution >= 0.6 is 0 Å². The topological polar surface area (TPSA) is 42.4 Å². The number of rotatable bonds is 2. The van der Waals surface area contributed by atoms with Crippen LogP contribution in [0.5, 0.6) is 0 Å². The highest BCUT2D eigenvalue weighted by Gasteiger charge is 2.17. The van der Waals surface area contributed by atoms with Crippen molar-refractivity contribution >= 4 is 5.91 Å². The highest BCUT2D eigenvalue weighted by molar-refractivity contribution is 5.93. The molecule has 0 fully saturated rings. The largest absolute Gasteiger partial charge is 0.281 e. The van der Waals surface area contributed by atoms with Gasteiger partial charge in [0.1, 0.15) is 0 Å². The number of halogens is 2. The number of nitrogens with zero attached hydrogens (tertiary/aromatic N) is 2. The summed E-state index contributed by atoms with van der Waals surface area (Å²) in [5.74, 6) is -2.85. The summed E-state index contributed by atoms with van der Waals surface area (Å²) in [5.41, 5.74) is -0.337. The SMILES string of the molecule is CON(C)C(=O)c1ccc(F)nc1F. The van der Waals surface area contributed by atoms with E-state index < -0.39 is 17.8 Å². The van der Waals surface area contributed by atoms with Crippen molar-refractivity contribution in [3.05, 3.63) is 29.6 Å². The minimum absolute atomic E-state index is 0.337. The third-order valence-electron chi connectivity index (χ3n) is 1.61. The normalized spacial score (nSPS) is 10.0. The number of hydrogen-bond donors (Lipinski definition) is 0. The fraction of sp³-hybridized carbons (Fsp3) is 0.250. The van der Waals surface area contributed by atoms with Crippen LogP contribution in [-0.4, -0.2) is 30.1 Å². The Labute approximate surface area is 79.1 Å². The van der Waals surface area contributed by atoms with E-state index in [2.05, 4.69) is 9.82 Å². The van der Waals surface area contributed by atoms with E-state index in [1.54, 1.807) is 0 Å². The molecule has 0 bridgehead atoms. The van der Waals surface area contributed by atoms with Crippen LogP contribution in [0.25, 0.3) is 0 Å². The average Bonchev–Trinajstić information content (AvgIpc) is 2.15. The summed E-state index contributed by atoms with van der Waals surface area (Å²) < 4.78 is 25.3. The number of hydrogen-bond acceptors (Lipinski definition) is 3. The van der Waals surface area contributed by atoms with E-state index in [9.17, 15) is 13.6 Å². The van der Waals surface area contributed by atoms with Gasteiger partial charge in [-0.25, -0.2) is 5.06 Å². The summed E-state index contributed by atoms with van der Waals surface area (Å²) in [6.45, 7) is 0. The van der Waals surface area contributed by atoms with Gasteiger partial charge in [0.25, 0.3) is 5.91 Å². The molecule has 0 spiro atoms. The molecule has 1 aromatic rings. The van der Waals surface area contributed by atoms with Crippen LogP contribution in [0.1, 0.15) is 10.4 Å². The van der Waals surface area contributed by atoms with Crippen molar-refractivity contribution < 1.29 is 18.4 Å². The average molecular weight is 202 g/mol. The van der Waals surface area contributed by atoms with Crippen LogP contribution in [0.4, 0.5) is 8.78 Å². The second kappa shape index (κ2) is 4.10. The van der Waals surface area contributed by atoms with Crippen molar-refractivity contribution in [3.63, 3.8) is 0 Å². The van der Waals surface area contributed by atoms with E-state index in [-0.39, 0.29) is 5.56 Å². The number of pyridine rings is 1. The zero-order valence-corrected chi connectivity index (χ0v) is 7.62. The Morgan fingerprint density at radius 3 is 2.64 bits per heavy atom. The Balaban J connectivity index is 3.02. The smallest absolute Gasteiger partial charge is 0.274 e. The lowest BCUT2D eigenvalue weighted by Gasteiger charge is -2.13. The first kappa shape index (κ1) is 10.5. The van der Waals surface area contributed by atoms with Gasteiger partial charge in [0.2, 0.25) is 11.9 Å². The number of carbonyl (C=O) groups excluding carboxylic acids is 1. The van der Waals surface area contributed by atoms with Crippen molar-refractivity contribution in [2.75, 3.05) is 14.2 Å². The summed E-state index contributed by atoms with van der Waals surface area (Å²) in [6, 6.07) is 1.91. The maximum absolute atomic E-state index is 12.9. The third-order valence-corrected chi connectivity index (χ3v) is 1.61. The Bertz CT molecular complexity index is 357. The molecule has 0 radical (unpaired) electrons. The molecule has 0 saturated heterocycles. The van der Waals surface area contributed by atoms with Gasteiger partial charge in [-0.1, -0.05) is 0 Å². The third kappa shape index (κ3) is 2.02. The first-order valence-electron chi connectivity index (χ1n) is 3.70. The number of amides is 1. The van der Waals surface area contributed by atoms with Crippen LogP contribution in [0, 0.1) is 11.9 Å². The van der Waals surface area contributed by atoms with Crippen LogP contribution in [0.2, 0.25) is 0 Å². The standard InChI is InChI=1S/C8H8F2N2O2/c1-12(14-2)8(13)5-3-4-6(9)11-7(5)10/h3-4H,1-2H3. The molecular weight excluding hydrogens is 194 g/mol. The van der Waals surface area contributed by atoms with Gasteiger partial charge in [0, 0.05) is 7.05 Å². The molecule has 14 heavy (non-hydrogen) atoms. The highest BCUT2D eigenvalue weighted by Crippen LogP contribution is 2.08. The van der Waals surface area contributed by atoms with Gasteiger partial charge < -0.3 is 0 Å². The van der Waals surface area contributed by atoms with Crippen molar-refractivity contribution in [2.45, 2.75) is 0 Å². The number of carbonyl (C=O) groups is 1. The van der Waals surface area contributed by atoms with Gasteiger partial charge in [-0.3, -0.25) is 9.63 Å². The molecule has 1 amide bonds. The molecule has 0 aromatic carbocycles. The first-order chi connectivity index (χ1) is 6.56. The van der Waals surface area contributed by atoms with Gasteiger partial charge in [-0.15, -0.1) is 0 Å². The number of aromatic nitrogens is 1. The summed E-state index contributed by atoms with van der Waals surface area (Å²) in [4.78, 5) is 18.7. The Morgan fingerprint density at radius 2 is 2.14 bits per heavy atom. The molecule has 4 nitrogen and oxygen atoms in total. The molecule has 0 aliphatic rings. The van der Waals surface area contributed by atoms with Crippen LogP contribution in [-0.2, 0) is 4.84 Å². The maximum Gasteiger partial charge on any atom is 0.281 e. The lowest BCUT2D eigenvalue weighted by Crippen LogP contribution is -2.26. The zero-order chi connectivity index (χ0) is 10.7. The van der Waals surface area contributed by atoms with Crippen LogP contribution in [0.3, 0.4) is 0 Å². The second-order valence-electron chi connectivity index (χ2n) is 2.46. The molecular formula is C8H8F2N2O2. The van der Waals surface area contributed by atoms with Crippen molar-refractivity contribution in [3.8, 4) is 0 Å². The molecule has 76 valence electrons. The molecule has 0 saturated carbocycles. The fourth-order valence-electron chi connectivity index (χ4n) is 0.824. The quantitative estimate of drug-likeness (QED) is 0.530. The highest BCUT2D eigenvalue weighted by atomic mass is 19.1. The summed E-state index contributed by atoms with van der Waals surface area (Å²) in [7, 11) is 2.57. The minimum atomic E-state index is -1.15. The molecule has 0 aliphatic carbocycles. The number of hydroxylamine groups is 2. The Morgan fingerprint density at radius 1 is 1.50 bits per heavy atom. The zero-order valence-electron chi connectivity index (χ0n) is 7.62. The second-order valence-corrected chi connectivity index (χ2v) is 2.46. The van der Waals surface area contributed by atoms with E-state index in [1.165, 1.54) is 14.2 Å². The van der Waals surface area contributed by atoms with Crippen LogP contribution in [0.15, 0.2) is 12.1 Å². The van der Waals surface area contributed by atoms with Crippen LogP contribution < -0.4 is 0 Å². The van der Waals surface area contributed by atoms with Gasteiger partial charge in [-0.05, 0) is 12.1 Å². The monoisotopic (exact) mass is 202 g/mol. The van der Waals surface area contributed by atoms with Crippen molar-refractivity contribution in [1.29, 1.82) is 0 Å². The predicted molar refractivity (Wildman–Crippen MR) is 43.3 cm³/mol. The van der Waals surface area contributed by atoms with E-state index in [4.69, 9.17) is 0 Å². The Kier molecular flexibility index (Phi) is 3.08. The lowest BCUT2D eigenvalue weighted by atomic mass is 10.2. The molecule has 0 aliphatic heterocycles. The lowest BCUT2D eigenvalue weighted by molar-refractivity contribution is -0.0760. The van der Waals surface area contributed by atoms with Gasteiger partial charge in [0.15, 0.2) is 0 Å². The molecule has 1 aromatic heterocycles. The molecule has 1 heterocycles. The summed E-state index contributed by atoms with van der Waals surface area (Å²) in [6.07, 6.45) is 0. The molecule has 6 heteroatoms. The van der Waals surface area contributed by atoms with Gasteiger partial charge >= 0.3 is 0 Å². The predicted octanol–water partition coefficient (Wildman–Crippen LogP) is 0.993. The van der Waals surface area contributed by atoms with E-state index >= 15 is 0 Å². The first-order valence-corrected chi connectivity index (χ1v) is 3.70. The van der Waals surface area contributed by atoms with E-state index in [1.807, 2.05) is 0 Å². The molecule has 1 rings (SSSR count). The molecule has 0 unspecified atom stereocenters.